The van der Waals surface area contributed by atoms with Crippen LogP contribution in [0.15, 0.2) is 82.0 Å². The number of para-hydroxylation sites is 2. The van der Waals surface area contributed by atoms with E-state index in [2.05, 4.69) is 0 Å². The second-order valence-electron chi connectivity index (χ2n) is 7.49. The number of anilines is 1. The molecule has 0 saturated heterocycles. The van der Waals surface area contributed by atoms with Crippen LogP contribution >= 0.6 is 11.3 Å². The molecule has 1 atom stereocenters. The monoisotopic (exact) mass is 440 g/mol. The van der Waals surface area contributed by atoms with Crippen molar-refractivity contribution in [1.82, 2.24) is 4.98 Å². The van der Waals surface area contributed by atoms with Gasteiger partial charge in [-0.05, 0) is 42.0 Å². The van der Waals surface area contributed by atoms with Crippen molar-refractivity contribution in [2.75, 3.05) is 12.0 Å². The Morgan fingerprint density at radius 2 is 1.72 bits per heavy atom. The number of fused-ring (bicyclic) bond motifs is 3. The normalized spacial score (nSPS) is 15.5. The Labute approximate surface area is 186 Å². The first-order valence-electron chi connectivity index (χ1n) is 10.0. The molecule has 1 aliphatic heterocycles. The number of thiazole rings is 1. The molecule has 32 heavy (non-hydrogen) atoms. The molecule has 156 valence electrons. The number of aromatic nitrogens is 1. The number of nitrogens with zero attached hydrogens (tertiary/aromatic N) is 2. The quantitative estimate of drug-likeness (QED) is 0.387. The van der Waals surface area contributed by atoms with Crippen LogP contribution in [-0.4, -0.2) is 18.0 Å². The summed E-state index contributed by atoms with van der Waals surface area (Å²) in [5.74, 6) is 0.381. The Bertz CT molecular complexity index is 1540. The lowest BCUT2D eigenvalue weighted by Crippen LogP contribution is -2.29. The molecule has 0 aliphatic carbocycles. The highest BCUT2D eigenvalue weighted by molar-refractivity contribution is 7.22. The van der Waals surface area contributed by atoms with E-state index in [1.807, 2.05) is 48.5 Å². The van der Waals surface area contributed by atoms with Gasteiger partial charge in [-0.1, -0.05) is 47.7 Å². The molecule has 3 aromatic carbocycles. The summed E-state index contributed by atoms with van der Waals surface area (Å²) in [7, 11) is 1.59. The summed E-state index contributed by atoms with van der Waals surface area (Å²) in [6, 6.07) is 21.4. The minimum Gasteiger partial charge on any atom is -0.497 e. The van der Waals surface area contributed by atoms with Crippen LogP contribution in [0.25, 0.3) is 21.2 Å². The second kappa shape index (κ2) is 7.03. The highest BCUT2D eigenvalue weighted by Gasteiger charge is 2.45. The number of hydrogen-bond donors (Lipinski definition) is 0. The summed E-state index contributed by atoms with van der Waals surface area (Å²) in [6.07, 6.45) is 0. The maximum atomic E-state index is 13.6. The van der Waals surface area contributed by atoms with Gasteiger partial charge in [-0.15, -0.1) is 0 Å². The van der Waals surface area contributed by atoms with Gasteiger partial charge in [0.25, 0.3) is 5.91 Å². The zero-order chi connectivity index (χ0) is 21.8. The van der Waals surface area contributed by atoms with Crippen molar-refractivity contribution >= 4 is 43.6 Å². The topological polar surface area (TPSA) is 72.6 Å². The van der Waals surface area contributed by atoms with Crippen LogP contribution in [0.5, 0.6) is 5.75 Å². The number of rotatable bonds is 3. The van der Waals surface area contributed by atoms with E-state index in [0.29, 0.717) is 27.4 Å². The van der Waals surface area contributed by atoms with Gasteiger partial charge in [0.15, 0.2) is 10.6 Å². The average Bonchev–Trinajstić information content (AvgIpc) is 3.38. The molecule has 6 nitrogen and oxygen atoms in total. The number of carbonyl (C=O) groups is 1. The number of methoxy groups -OCH3 is 1. The van der Waals surface area contributed by atoms with Gasteiger partial charge in [0.05, 0.1) is 34.3 Å². The third kappa shape index (κ3) is 2.68. The van der Waals surface area contributed by atoms with Crippen molar-refractivity contribution < 1.29 is 13.9 Å². The van der Waals surface area contributed by atoms with Gasteiger partial charge >= 0.3 is 0 Å². The van der Waals surface area contributed by atoms with E-state index >= 15 is 0 Å². The lowest BCUT2D eigenvalue weighted by atomic mass is 9.98. The number of hydrogen-bond acceptors (Lipinski definition) is 6. The summed E-state index contributed by atoms with van der Waals surface area (Å²) in [6.45, 7) is 0. The molecule has 0 radical (unpaired) electrons. The van der Waals surface area contributed by atoms with E-state index in [1.54, 1.807) is 36.3 Å². The first kappa shape index (κ1) is 18.8. The second-order valence-corrected chi connectivity index (χ2v) is 8.49. The van der Waals surface area contributed by atoms with Crippen LogP contribution in [0.1, 0.15) is 27.7 Å². The maximum absolute atomic E-state index is 13.6. The highest BCUT2D eigenvalue weighted by Crippen LogP contribution is 2.43. The Hall–Kier alpha value is -3.97. The fraction of sp³-hybridized carbons (Fsp3) is 0.0800. The zero-order valence-electron chi connectivity index (χ0n) is 16.9. The molecule has 2 aromatic heterocycles. The van der Waals surface area contributed by atoms with Crippen molar-refractivity contribution in [2.45, 2.75) is 6.04 Å². The van der Waals surface area contributed by atoms with Crippen LogP contribution in [0.2, 0.25) is 0 Å². The predicted octanol–water partition coefficient (Wildman–Crippen LogP) is 5.16. The van der Waals surface area contributed by atoms with E-state index in [0.717, 1.165) is 15.8 Å². The molecule has 0 unspecified atom stereocenters. The van der Waals surface area contributed by atoms with Gasteiger partial charge in [0.1, 0.15) is 11.3 Å². The number of carbonyl (C=O) groups excluding carboxylic acids is 1. The third-order valence-electron chi connectivity index (χ3n) is 5.70. The van der Waals surface area contributed by atoms with Crippen LogP contribution in [-0.2, 0) is 0 Å². The minimum absolute atomic E-state index is 0.0637. The fourth-order valence-corrected chi connectivity index (χ4v) is 5.17. The lowest BCUT2D eigenvalue weighted by molar-refractivity contribution is 0.0971. The Kier molecular flexibility index (Phi) is 4.13. The van der Waals surface area contributed by atoms with Crippen molar-refractivity contribution in [3.8, 4) is 5.75 Å². The van der Waals surface area contributed by atoms with E-state index in [9.17, 15) is 9.59 Å². The average molecular weight is 440 g/mol. The Balaban J connectivity index is 1.63. The minimum atomic E-state index is -0.648. The van der Waals surface area contributed by atoms with Gasteiger partial charge in [-0.3, -0.25) is 14.5 Å². The standard InChI is InChI=1S/C25H16N2O4S/c1-30-15-12-10-14(11-13-15)21-20-22(28)16-6-2-4-8-18(16)31-23(20)24(29)27(21)25-26-17-7-3-5-9-19(17)32-25/h2-13,21H,1H3/t21-/m1/s1. The van der Waals surface area contributed by atoms with Gasteiger partial charge in [0.2, 0.25) is 5.76 Å². The van der Waals surface area contributed by atoms with Crippen LogP contribution in [0.4, 0.5) is 5.13 Å². The molecule has 3 heterocycles. The number of amides is 1. The summed E-state index contributed by atoms with van der Waals surface area (Å²) >= 11 is 1.41. The smallest absolute Gasteiger partial charge is 0.297 e. The SMILES string of the molecule is COc1ccc([C@@H]2c3c(oc4ccccc4c3=O)C(=O)N2c2nc3ccccc3s2)cc1. The summed E-state index contributed by atoms with van der Waals surface area (Å²) in [5, 5.41) is 0.968. The molecule has 5 aromatic rings. The zero-order valence-corrected chi connectivity index (χ0v) is 17.8. The Morgan fingerprint density at radius 1 is 0.969 bits per heavy atom. The highest BCUT2D eigenvalue weighted by atomic mass is 32.1. The van der Waals surface area contributed by atoms with E-state index in [1.165, 1.54) is 11.3 Å². The molecule has 1 amide bonds. The molecule has 0 fully saturated rings. The number of ether oxygens (including phenoxy) is 1. The maximum Gasteiger partial charge on any atom is 0.297 e. The van der Waals surface area contributed by atoms with Crippen molar-refractivity contribution in [3.63, 3.8) is 0 Å². The third-order valence-corrected chi connectivity index (χ3v) is 6.73. The van der Waals surface area contributed by atoms with Crippen molar-refractivity contribution in [1.29, 1.82) is 0 Å². The molecule has 0 bridgehead atoms. The van der Waals surface area contributed by atoms with Crippen LogP contribution in [0, 0.1) is 0 Å². The molecule has 0 spiro atoms. The molecule has 0 saturated carbocycles. The first-order valence-corrected chi connectivity index (χ1v) is 10.9. The summed E-state index contributed by atoms with van der Waals surface area (Å²) in [4.78, 5) is 33.4. The molecular weight excluding hydrogens is 424 g/mol. The molecule has 1 aliphatic rings. The van der Waals surface area contributed by atoms with Gasteiger partial charge in [-0.25, -0.2) is 4.98 Å². The van der Waals surface area contributed by atoms with Gasteiger partial charge < -0.3 is 9.15 Å². The number of benzene rings is 3. The van der Waals surface area contributed by atoms with E-state index < -0.39 is 6.04 Å². The van der Waals surface area contributed by atoms with Crippen molar-refractivity contribution in [2.24, 2.45) is 0 Å². The van der Waals surface area contributed by atoms with Gasteiger partial charge in [-0.2, -0.15) is 0 Å². The summed E-state index contributed by atoms with van der Waals surface area (Å²) < 4.78 is 12.2. The molecular formula is C25H16N2O4S. The van der Waals surface area contributed by atoms with E-state index in [-0.39, 0.29) is 17.1 Å². The largest absolute Gasteiger partial charge is 0.497 e. The first-order chi connectivity index (χ1) is 15.7. The summed E-state index contributed by atoms with van der Waals surface area (Å²) in [5.41, 5.74) is 2.09. The predicted molar refractivity (Wildman–Crippen MR) is 124 cm³/mol. The fourth-order valence-electron chi connectivity index (χ4n) is 4.18. The van der Waals surface area contributed by atoms with Crippen molar-refractivity contribution in [3.05, 3.63) is 99.9 Å². The molecule has 6 rings (SSSR count). The molecule has 7 heteroatoms. The molecule has 0 N–H and O–H groups in total. The van der Waals surface area contributed by atoms with Crippen LogP contribution in [0.3, 0.4) is 0 Å². The Morgan fingerprint density at radius 3 is 2.50 bits per heavy atom. The van der Waals surface area contributed by atoms with Gasteiger partial charge in [0, 0.05) is 0 Å². The van der Waals surface area contributed by atoms with Crippen LogP contribution < -0.4 is 15.1 Å². The lowest BCUT2D eigenvalue weighted by Gasteiger charge is -2.22. The van der Waals surface area contributed by atoms with E-state index in [4.69, 9.17) is 14.1 Å².